The number of nitriles is 1. The van der Waals surface area contributed by atoms with E-state index in [9.17, 15) is 10.1 Å². The summed E-state index contributed by atoms with van der Waals surface area (Å²) in [5.41, 5.74) is 1.48. The van der Waals surface area contributed by atoms with Gasteiger partial charge in [0.1, 0.15) is 6.07 Å². The molecular formula is C13H13ClN4O. The third kappa shape index (κ3) is 2.08. The molecule has 2 aliphatic heterocycles. The van der Waals surface area contributed by atoms with E-state index in [1.807, 2.05) is 11.0 Å². The van der Waals surface area contributed by atoms with E-state index in [1.54, 1.807) is 12.1 Å². The van der Waals surface area contributed by atoms with Gasteiger partial charge in [-0.1, -0.05) is 11.6 Å². The molecule has 19 heavy (non-hydrogen) atoms. The Bertz CT molecular complexity index is 568. The number of carbonyl (C=O) groups excluding carboxylic acids is 1. The summed E-state index contributed by atoms with van der Waals surface area (Å²) in [6, 6.07) is 7.66. The van der Waals surface area contributed by atoms with E-state index in [2.05, 4.69) is 16.3 Å². The lowest BCUT2D eigenvalue weighted by Gasteiger charge is -2.38. The van der Waals surface area contributed by atoms with Gasteiger partial charge in [0.05, 0.1) is 17.3 Å². The van der Waals surface area contributed by atoms with Crippen molar-refractivity contribution in [3.05, 3.63) is 28.8 Å². The third-order valence-corrected chi connectivity index (χ3v) is 3.89. The molecule has 0 unspecified atom stereocenters. The number of urea groups is 1. The van der Waals surface area contributed by atoms with Crippen molar-refractivity contribution in [3.8, 4) is 6.07 Å². The summed E-state index contributed by atoms with van der Waals surface area (Å²) >= 11 is 6.01. The predicted molar refractivity (Wildman–Crippen MR) is 72.3 cm³/mol. The van der Waals surface area contributed by atoms with Gasteiger partial charge in [-0.15, -0.1) is 0 Å². The summed E-state index contributed by atoms with van der Waals surface area (Å²) in [4.78, 5) is 15.5. The van der Waals surface area contributed by atoms with Gasteiger partial charge < -0.3 is 15.1 Å². The first kappa shape index (κ1) is 12.1. The van der Waals surface area contributed by atoms with E-state index in [0.29, 0.717) is 23.7 Å². The number of amides is 2. The Morgan fingerprint density at radius 3 is 3.05 bits per heavy atom. The van der Waals surface area contributed by atoms with Crippen LogP contribution >= 0.6 is 11.6 Å². The zero-order valence-corrected chi connectivity index (χ0v) is 11.0. The number of fused-ring (bicyclic) bond motifs is 1. The molecule has 0 aliphatic carbocycles. The lowest BCUT2D eigenvalue weighted by atomic mass is 10.1. The molecule has 1 atom stereocenters. The minimum atomic E-state index is 0.0104. The van der Waals surface area contributed by atoms with Crippen LogP contribution in [0.15, 0.2) is 18.2 Å². The number of rotatable bonds is 1. The molecule has 1 aromatic carbocycles. The summed E-state index contributed by atoms with van der Waals surface area (Å²) in [6.07, 6.45) is 0. The van der Waals surface area contributed by atoms with Gasteiger partial charge in [-0.05, 0) is 18.2 Å². The number of hydrogen-bond acceptors (Lipinski definition) is 3. The highest BCUT2D eigenvalue weighted by Gasteiger charge is 2.35. The number of benzene rings is 1. The second-order valence-corrected chi connectivity index (χ2v) is 5.19. The van der Waals surface area contributed by atoms with Gasteiger partial charge in [-0.2, -0.15) is 5.26 Å². The lowest BCUT2D eigenvalue weighted by Crippen LogP contribution is -2.52. The van der Waals surface area contributed by atoms with Gasteiger partial charge in [0, 0.05) is 31.2 Å². The molecule has 2 aliphatic rings. The molecular weight excluding hydrogens is 264 g/mol. The largest absolute Gasteiger partial charge is 0.367 e. The highest BCUT2D eigenvalue weighted by Crippen LogP contribution is 2.27. The average Bonchev–Trinajstić information content (AvgIpc) is 2.80. The molecule has 0 bridgehead atoms. The fourth-order valence-electron chi connectivity index (χ4n) is 2.68. The molecule has 0 saturated carbocycles. The van der Waals surface area contributed by atoms with Crippen molar-refractivity contribution in [1.29, 1.82) is 5.26 Å². The van der Waals surface area contributed by atoms with Gasteiger partial charge in [0.2, 0.25) is 0 Å². The van der Waals surface area contributed by atoms with E-state index in [-0.39, 0.29) is 12.1 Å². The average molecular weight is 277 g/mol. The Balaban J connectivity index is 1.86. The van der Waals surface area contributed by atoms with E-state index in [4.69, 9.17) is 11.6 Å². The third-order valence-electron chi connectivity index (χ3n) is 3.65. The van der Waals surface area contributed by atoms with Crippen LogP contribution in [-0.2, 0) is 0 Å². The van der Waals surface area contributed by atoms with Crippen LogP contribution in [0.2, 0.25) is 5.02 Å². The summed E-state index contributed by atoms with van der Waals surface area (Å²) in [6.45, 7) is 2.79. The Morgan fingerprint density at radius 2 is 2.26 bits per heavy atom. The minimum Gasteiger partial charge on any atom is -0.367 e. The summed E-state index contributed by atoms with van der Waals surface area (Å²) in [5, 5.41) is 12.6. The summed E-state index contributed by atoms with van der Waals surface area (Å²) < 4.78 is 0. The van der Waals surface area contributed by atoms with Gasteiger partial charge in [-0.25, -0.2) is 4.79 Å². The highest BCUT2D eigenvalue weighted by molar-refractivity contribution is 6.30. The molecule has 5 nitrogen and oxygen atoms in total. The number of halogens is 1. The molecule has 2 saturated heterocycles. The van der Waals surface area contributed by atoms with Crippen LogP contribution in [-0.4, -0.2) is 43.2 Å². The fraction of sp³-hybridized carbons (Fsp3) is 0.385. The maximum Gasteiger partial charge on any atom is 0.317 e. The Labute approximate surface area is 116 Å². The Kier molecular flexibility index (Phi) is 2.96. The van der Waals surface area contributed by atoms with Crippen LogP contribution in [0.5, 0.6) is 0 Å². The number of nitrogens with one attached hydrogen (secondary N) is 1. The number of carbonyl (C=O) groups is 1. The SMILES string of the molecule is N#Cc1ccc(Cl)cc1N1CCN2C(=O)NC[C@H]2C1. The first-order valence-corrected chi connectivity index (χ1v) is 6.56. The second-order valence-electron chi connectivity index (χ2n) is 4.75. The van der Waals surface area contributed by atoms with Gasteiger partial charge in [-0.3, -0.25) is 0 Å². The second kappa shape index (κ2) is 4.63. The number of piperazine rings is 1. The maximum atomic E-state index is 11.6. The summed E-state index contributed by atoms with van der Waals surface area (Å²) in [7, 11) is 0. The molecule has 6 heteroatoms. The smallest absolute Gasteiger partial charge is 0.317 e. The molecule has 2 heterocycles. The van der Waals surface area contributed by atoms with Crippen LogP contribution < -0.4 is 10.2 Å². The van der Waals surface area contributed by atoms with Crippen molar-refractivity contribution in [3.63, 3.8) is 0 Å². The molecule has 3 rings (SSSR count). The lowest BCUT2D eigenvalue weighted by molar-refractivity contribution is 0.197. The van der Waals surface area contributed by atoms with E-state index in [1.165, 1.54) is 0 Å². The molecule has 0 aromatic heterocycles. The first-order chi connectivity index (χ1) is 9.19. The zero-order chi connectivity index (χ0) is 13.4. The van der Waals surface area contributed by atoms with Crippen molar-refractivity contribution in [2.24, 2.45) is 0 Å². The monoisotopic (exact) mass is 276 g/mol. The Morgan fingerprint density at radius 1 is 1.42 bits per heavy atom. The molecule has 0 spiro atoms. The topological polar surface area (TPSA) is 59.4 Å². The Hall–Kier alpha value is -1.93. The van der Waals surface area contributed by atoms with Crippen molar-refractivity contribution in [2.75, 3.05) is 31.1 Å². The van der Waals surface area contributed by atoms with Crippen molar-refractivity contribution < 1.29 is 4.79 Å². The van der Waals surface area contributed by atoms with Gasteiger partial charge >= 0.3 is 6.03 Å². The van der Waals surface area contributed by atoms with Crippen LogP contribution in [0.1, 0.15) is 5.56 Å². The standard InChI is InChI=1S/C13H13ClN4O/c14-10-2-1-9(6-15)12(5-10)17-3-4-18-11(8-17)7-16-13(18)19/h1-2,5,11H,3-4,7-8H2,(H,16,19)/t11-/m0/s1. The molecule has 98 valence electrons. The van der Waals surface area contributed by atoms with E-state index in [0.717, 1.165) is 18.8 Å². The van der Waals surface area contributed by atoms with Crippen LogP contribution in [0.4, 0.5) is 10.5 Å². The predicted octanol–water partition coefficient (Wildman–Crippen LogP) is 1.43. The summed E-state index contributed by atoms with van der Waals surface area (Å²) in [5.74, 6) is 0. The first-order valence-electron chi connectivity index (χ1n) is 6.18. The van der Waals surface area contributed by atoms with Crippen molar-refractivity contribution in [2.45, 2.75) is 6.04 Å². The van der Waals surface area contributed by atoms with Gasteiger partial charge in [0.15, 0.2) is 0 Å². The molecule has 2 fully saturated rings. The molecule has 2 amide bonds. The number of nitrogens with zero attached hydrogens (tertiary/aromatic N) is 3. The van der Waals surface area contributed by atoms with E-state index < -0.39 is 0 Å². The molecule has 0 radical (unpaired) electrons. The zero-order valence-electron chi connectivity index (χ0n) is 10.3. The van der Waals surface area contributed by atoms with Crippen LogP contribution in [0.25, 0.3) is 0 Å². The normalized spacial score (nSPS) is 21.9. The van der Waals surface area contributed by atoms with E-state index >= 15 is 0 Å². The van der Waals surface area contributed by atoms with Crippen molar-refractivity contribution >= 4 is 23.3 Å². The van der Waals surface area contributed by atoms with Crippen LogP contribution in [0, 0.1) is 11.3 Å². The fourth-order valence-corrected chi connectivity index (χ4v) is 2.85. The quantitative estimate of drug-likeness (QED) is 0.844. The maximum absolute atomic E-state index is 11.6. The highest BCUT2D eigenvalue weighted by atomic mass is 35.5. The molecule has 1 aromatic rings. The minimum absolute atomic E-state index is 0.0104. The number of anilines is 1. The van der Waals surface area contributed by atoms with Gasteiger partial charge in [0.25, 0.3) is 0 Å². The van der Waals surface area contributed by atoms with Crippen molar-refractivity contribution in [1.82, 2.24) is 10.2 Å². The molecule has 1 N–H and O–H groups in total. The van der Waals surface area contributed by atoms with Crippen LogP contribution in [0.3, 0.4) is 0 Å². The number of hydrogen-bond donors (Lipinski definition) is 1.